The molecule has 0 fully saturated rings. The van der Waals surface area contributed by atoms with E-state index < -0.39 is 0 Å². The van der Waals surface area contributed by atoms with E-state index in [1.807, 2.05) is 12.2 Å². The van der Waals surface area contributed by atoms with Crippen molar-refractivity contribution >= 4 is 0 Å². The van der Waals surface area contributed by atoms with E-state index in [4.69, 9.17) is 0 Å². The summed E-state index contributed by atoms with van der Waals surface area (Å²) >= 11 is 0. The van der Waals surface area contributed by atoms with Gasteiger partial charge in [-0.1, -0.05) is 12.2 Å². The normalized spacial score (nSPS) is 10.5. The highest BCUT2D eigenvalue weighted by Gasteiger charge is 1.99. The summed E-state index contributed by atoms with van der Waals surface area (Å²) in [5.74, 6) is 0. The lowest BCUT2D eigenvalue weighted by Crippen LogP contribution is -2.33. The molecule has 0 saturated heterocycles. The lowest BCUT2D eigenvalue weighted by atomic mass is 10.5. The smallest absolute Gasteiger partial charge is 0.0506 e. The van der Waals surface area contributed by atoms with E-state index in [0.29, 0.717) is 0 Å². The summed E-state index contributed by atoms with van der Waals surface area (Å²) in [5.41, 5.74) is 0. The fraction of sp³-hybridized carbons (Fsp3) is 0.556. The van der Waals surface area contributed by atoms with Crippen LogP contribution in [0.1, 0.15) is 0 Å². The van der Waals surface area contributed by atoms with Gasteiger partial charge < -0.3 is 0 Å². The van der Waals surface area contributed by atoms with E-state index in [1.165, 1.54) is 0 Å². The molecule has 2 heteroatoms. The van der Waals surface area contributed by atoms with Crippen molar-refractivity contribution in [2.45, 2.75) is 0 Å². The molecular formula is C9H18N2. The summed E-state index contributed by atoms with van der Waals surface area (Å²) in [4.78, 5) is 4.38. The maximum Gasteiger partial charge on any atom is 0.0506 e. The van der Waals surface area contributed by atoms with Crippen molar-refractivity contribution in [2.75, 3.05) is 33.9 Å². The SMILES string of the molecule is C=CCN(CC=C)CN(C)C. The van der Waals surface area contributed by atoms with Gasteiger partial charge in [0, 0.05) is 13.1 Å². The topological polar surface area (TPSA) is 6.48 Å². The molecule has 0 N–H and O–H groups in total. The molecule has 0 aliphatic heterocycles. The van der Waals surface area contributed by atoms with Crippen LogP contribution in [0.2, 0.25) is 0 Å². The van der Waals surface area contributed by atoms with Crippen LogP contribution in [0.4, 0.5) is 0 Å². The summed E-state index contributed by atoms with van der Waals surface area (Å²) in [6.45, 7) is 10.2. The molecule has 0 saturated carbocycles. The predicted molar refractivity (Wildman–Crippen MR) is 50.5 cm³/mol. The molecular weight excluding hydrogens is 136 g/mol. The van der Waals surface area contributed by atoms with Crippen LogP contribution < -0.4 is 0 Å². The lowest BCUT2D eigenvalue weighted by Gasteiger charge is -2.22. The summed E-state index contributed by atoms with van der Waals surface area (Å²) in [6, 6.07) is 0. The molecule has 0 aromatic heterocycles. The van der Waals surface area contributed by atoms with Crippen molar-refractivity contribution < 1.29 is 0 Å². The van der Waals surface area contributed by atoms with E-state index in [-0.39, 0.29) is 0 Å². The Morgan fingerprint density at radius 1 is 1.09 bits per heavy atom. The van der Waals surface area contributed by atoms with Gasteiger partial charge in [-0.2, -0.15) is 0 Å². The third-order valence-electron chi connectivity index (χ3n) is 1.26. The molecule has 0 unspecified atom stereocenters. The Hall–Kier alpha value is -0.600. The predicted octanol–water partition coefficient (Wildman–Crippen LogP) is 1.18. The van der Waals surface area contributed by atoms with Crippen LogP contribution in [0.25, 0.3) is 0 Å². The Labute approximate surface area is 69.8 Å². The van der Waals surface area contributed by atoms with Crippen LogP contribution in [0.3, 0.4) is 0 Å². The summed E-state index contributed by atoms with van der Waals surface area (Å²) in [7, 11) is 4.11. The fourth-order valence-corrected chi connectivity index (χ4v) is 0.955. The molecule has 0 radical (unpaired) electrons. The summed E-state index contributed by atoms with van der Waals surface area (Å²) in [5, 5.41) is 0. The van der Waals surface area contributed by atoms with E-state index in [9.17, 15) is 0 Å². The molecule has 0 heterocycles. The van der Waals surface area contributed by atoms with Gasteiger partial charge in [0.1, 0.15) is 0 Å². The van der Waals surface area contributed by atoms with Gasteiger partial charge >= 0.3 is 0 Å². The van der Waals surface area contributed by atoms with Gasteiger partial charge in [0.05, 0.1) is 6.67 Å². The first-order chi connectivity index (χ1) is 5.20. The van der Waals surface area contributed by atoms with Gasteiger partial charge in [-0.25, -0.2) is 0 Å². The summed E-state index contributed by atoms with van der Waals surface area (Å²) in [6.07, 6.45) is 3.82. The van der Waals surface area contributed by atoms with E-state index >= 15 is 0 Å². The molecule has 0 amide bonds. The van der Waals surface area contributed by atoms with Gasteiger partial charge in [-0.3, -0.25) is 9.80 Å². The third kappa shape index (κ3) is 5.83. The Balaban J connectivity index is 3.67. The first kappa shape index (κ1) is 10.4. The Kier molecular flexibility index (Phi) is 5.80. The standard InChI is InChI=1S/C9H18N2/c1-5-7-11(8-6-2)9-10(3)4/h5-6H,1-2,7-9H2,3-4H3. The van der Waals surface area contributed by atoms with Gasteiger partial charge in [0.15, 0.2) is 0 Å². The van der Waals surface area contributed by atoms with Crippen LogP contribution in [0.5, 0.6) is 0 Å². The maximum atomic E-state index is 3.70. The minimum absolute atomic E-state index is 0.921. The highest BCUT2D eigenvalue weighted by atomic mass is 15.3. The van der Waals surface area contributed by atoms with Gasteiger partial charge in [0.2, 0.25) is 0 Å². The molecule has 0 atom stereocenters. The number of hydrogen-bond donors (Lipinski definition) is 0. The zero-order valence-corrected chi connectivity index (χ0v) is 7.58. The second-order valence-electron chi connectivity index (χ2n) is 2.83. The maximum absolute atomic E-state index is 3.70. The molecule has 0 aliphatic carbocycles. The minimum Gasteiger partial charge on any atom is -0.297 e. The van der Waals surface area contributed by atoms with Crippen LogP contribution in [0, 0.1) is 0 Å². The number of nitrogens with zero attached hydrogens (tertiary/aromatic N) is 2. The van der Waals surface area contributed by atoms with E-state index in [1.54, 1.807) is 0 Å². The van der Waals surface area contributed by atoms with Crippen molar-refractivity contribution in [3.8, 4) is 0 Å². The minimum atomic E-state index is 0.921. The monoisotopic (exact) mass is 154 g/mol. The van der Waals surface area contributed by atoms with E-state index in [0.717, 1.165) is 19.8 Å². The second-order valence-corrected chi connectivity index (χ2v) is 2.83. The van der Waals surface area contributed by atoms with Gasteiger partial charge in [-0.15, -0.1) is 13.2 Å². The van der Waals surface area contributed by atoms with Gasteiger partial charge in [0.25, 0.3) is 0 Å². The zero-order valence-electron chi connectivity index (χ0n) is 7.58. The molecule has 64 valence electrons. The van der Waals surface area contributed by atoms with Crippen LogP contribution in [0.15, 0.2) is 25.3 Å². The van der Waals surface area contributed by atoms with Crippen LogP contribution in [-0.2, 0) is 0 Å². The van der Waals surface area contributed by atoms with Crippen LogP contribution >= 0.6 is 0 Å². The Bertz CT molecular complexity index is 109. The first-order valence-electron chi connectivity index (χ1n) is 3.79. The van der Waals surface area contributed by atoms with Crippen LogP contribution in [-0.4, -0.2) is 43.7 Å². The molecule has 0 bridgehead atoms. The molecule has 0 aromatic rings. The van der Waals surface area contributed by atoms with Crippen molar-refractivity contribution in [3.05, 3.63) is 25.3 Å². The zero-order chi connectivity index (χ0) is 8.69. The van der Waals surface area contributed by atoms with Gasteiger partial charge in [-0.05, 0) is 14.1 Å². The molecule has 0 aromatic carbocycles. The van der Waals surface area contributed by atoms with Crippen molar-refractivity contribution in [3.63, 3.8) is 0 Å². The quantitative estimate of drug-likeness (QED) is 0.419. The Morgan fingerprint density at radius 3 is 1.82 bits per heavy atom. The summed E-state index contributed by atoms with van der Waals surface area (Å²) < 4.78 is 0. The molecule has 0 spiro atoms. The van der Waals surface area contributed by atoms with Crippen molar-refractivity contribution in [1.29, 1.82) is 0 Å². The highest BCUT2D eigenvalue weighted by molar-refractivity contribution is 4.78. The number of hydrogen-bond acceptors (Lipinski definition) is 2. The highest BCUT2D eigenvalue weighted by Crippen LogP contribution is 1.89. The van der Waals surface area contributed by atoms with Crippen molar-refractivity contribution in [2.24, 2.45) is 0 Å². The molecule has 2 nitrogen and oxygen atoms in total. The fourth-order valence-electron chi connectivity index (χ4n) is 0.955. The van der Waals surface area contributed by atoms with E-state index in [2.05, 4.69) is 37.1 Å². The average molecular weight is 154 g/mol. The second kappa shape index (κ2) is 6.13. The molecule has 0 rings (SSSR count). The largest absolute Gasteiger partial charge is 0.297 e. The van der Waals surface area contributed by atoms with Crippen molar-refractivity contribution in [1.82, 2.24) is 9.80 Å². The Morgan fingerprint density at radius 2 is 1.55 bits per heavy atom. The lowest BCUT2D eigenvalue weighted by molar-refractivity contribution is 0.209. The first-order valence-corrected chi connectivity index (χ1v) is 3.79. The third-order valence-corrected chi connectivity index (χ3v) is 1.26. The average Bonchev–Trinajstić information content (AvgIpc) is 1.87. The number of rotatable bonds is 6. The molecule has 11 heavy (non-hydrogen) atoms. The molecule has 0 aliphatic rings.